The first-order valence-corrected chi connectivity index (χ1v) is 8.14. The van der Waals surface area contributed by atoms with E-state index in [4.69, 9.17) is 4.74 Å². The smallest absolute Gasteiger partial charge is 0.269 e. The number of hydrogen-bond donors (Lipinski definition) is 1. The predicted octanol–water partition coefficient (Wildman–Crippen LogP) is 0.279. The van der Waals surface area contributed by atoms with E-state index >= 15 is 0 Å². The number of amides is 2. The van der Waals surface area contributed by atoms with E-state index in [1.807, 2.05) is 18.7 Å². The van der Waals surface area contributed by atoms with Gasteiger partial charge in [0.25, 0.3) is 5.91 Å². The first-order valence-electron chi connectivity index (χ1n) is 8.14. The van der Waals surface area contributed by atoms with Crippen LogP contribution in [0.5, 0.6) is 0 Å². The van der Waals surface area contributed by atoms with Gasteiger partial charge in [0.05, 0.1) is 12.7 Å². The largest absolute Gasteiger partial charge is 0.376 e. The van der Waals surface area contributed by atoms with Crippen molar-refractivity contribution in [3.63, 3.8) is 0 Å². The van der Waals surface area contributed by atoms with Crippen LogP contribution in [0.2, 0.25) is 0 Å². The van der Waals surface area contributed by atoms with Crippen LogP contribution in [0.4, 0.5) is 0 Å². The highest BCUT2D eigenvalue weighted by Gasteiger charge is 2.45. The summed E-state index contributed by atoms with van der Waals surface area (Å²) in [7, 11) is 1.75. The second-order valence-corrected chi connectivity index (χ2v) is 6.74. The average Bonchev–Trinajstić information content (AvgIpc) is 3.19. The number of likely N-dealkylation sites (tertiary alicyclic amines) is 1. The maximum Gasteiger partial charge on any atom is 0.269 e. The van der Waals surface area contributed by atoms with Gasteiger partial charge in [0.15, 0.2) is 0 Å². The highest BCUT2D eigenvalue weighted by atomic mass is 16.5. The number of aryl methyl sites for hydroxylation is 1. The molecule has 0 saturated carbocycles. The highest BCUT2D eigenvalue weighted by molar-refractivity contribution is 5.92. The van der Waals surface area contributed by atoms with Crippen LogP contribution >= 0.6 is 0 Å². The monoisotopic (exact) mass is 320 g/mol. The fourth-order valence-electron chi connectivity index (χ4n) is 3.47. The summed E-state index contributed by atoms with van der Waals surface area (Å²) in [6, 6.07) is 1.70. The third-order valence-electron chi connectivity index (χ3n) is 4.82. The van der Waals surface area contributed by atoms with E-state index in [0.29, 0.717) is 31.3 Å². The Labute approximate surface area is 136 Å². The van der Waals surface area contributed by atoms with Gasteiger partial charge in [-0.25, -0.2) is 0 Å². The molecule has 7 nitrogen and oxygen atoms in total. The van der Waals surface area contributed by atoms with E-state index in [1.165, 1.54) is 0 Å². The zero-order valence-electron chi connectivity index (χ0n) is 13.9. The van der Waals surface area contributed by atoms with Gasteiger partial charge in [-0.1, -0.05) is 13.8 Å². The van der Waals surface area contributed by atoms with Crippen LogP contribution in [0.25, 0.3) is 0 Å². The number of rotatable bonds is 4. The molecule has 0 bridgehead atoms. The number of fused-ring (bicyclic) bond motifs is 1. The third-order valence-corrected chi connectivity index (χ3v) is 4.82. The fraction of sp³-hybridized carbons (Fsp3) is 0.688. The number of nitrogens with one attached hydrogen (secondary N) is 1. The van der Waals surface area contributed by atoms with Crippen molar-refractivity contribution < 1.29 is 14.3 Å². The SMILES string of the molecule is CC(C)C(=O)N1C[C@@H]2[C@@H](CNC(=O)c3ccnn3C)CO[C@@H]2C1. The number of nitrogens with zero attached hydrogens (tertiary/aromatic N) is 3. The van der Waals surface area contributed by atoms with Gasteiger partial charge in [0.1, 0.15) is 5.69 Å². The van der Waals surface area contributed by atoms with E-state index in [-0.39, 0.29) is 29.8 Å². The Hall–Kier alpha value is -1.89. The second-order valence-electron chi connectivity index (χ2n) is 6.74. The lowest BCUT2D eigenvalue weighted by molar-refractivity contribution is -0.134. The minimum Gasteiger partial charge on any atom is -0.376 e. The number of aromatic nitrogens is 2. The van der Waals surface area contributed by atoms with Crippen LogP contribution in [0.3, 0.4) is 0 Å². The summed E-state index contributed by atoms with van der Waals surface area (Å²) in [4.78, 5) is 26.2. The van der Waals surface area contributed by atoms with Crippen LogP contribution in [0.1, 0.15) is 24.3 Å². The molecule has 1 aromatic heterocycles. The fourth-order valence-corrected chi connectivity index (χ4v) is 3.47. The molecule has 3 heterocycles. The number of carbonyl (C=O) groups excluding carboxylic acids is 2. The predicted molar refractivity (Wildman–Crippen MR) is 83.7 cm³/mol. The molecule has 0 radical (unpaired) electrons. The number of ether oxygens (including phenoxy) is 1. The van der Waals surface area contributed by atoms with Crippen molar-refractivity contribution in [2.45, 2.75) is 20.0 Å². The van der Waals surface area contributed by atoms with Gasteiger partial charge in [0.2, 0.25) is 5.91 Å². The molecule has 2 aliphatic rings. The molecule has 1 N–H and O–H groups in total. The van der Waals surface area contributed by atoms with Crippen molar-refractivity contribution in [3.8, 4) is 0 Å². The molecule has 23 heavy (non-hydrogen) atoms. The van der Waals surface area contributed by atoms with E-state index in [0.717, 1.165) is 6.54 Å². The molecule has 0 aliphatic carbocycles. The molecule has 2 aliphatic heterocycles. The Morgan fingerprint density at radius 2 is 2.22 bits per heavy atom. The Morgan fingerprint density at radius 3 is 2.87 bits per heavy atom. The van der Waals surface area contributed by atoms with E-state index in [1.54, 1.807) is 24.0 Å². The van der Waals surface area contributed by atoms with Crippen molar-refractivity contribution in [2.75, 3.05) is 26.2 Å². The Kier molecular flexibility index (Phi) is 4.39. The summed E-state index contributed by atoms with van der Waals surface area (Å²) in [6.07, 6.45) is 1.71. The first-order chi connectivity index (χ1) is 11.0. The lowest BCUT2D eigenvalue weighted by Crippen LogP contribution is -2.37. The van der Waals surface area contributed by atoms with E-state index < -0.39 is 0 Å². The molecule has 0 aromatic carbocycles. The van der Waals surface area contributed by atoms with Gasteiger partial charge in [-0.2, -0.15) is 5.10 Å². The van der Waals surface area contributed by atoms with Crippen molar-refractivity contribution in [2.24, 2.45) is 24.8 Å². The normalized spacial score (nSPS) is 26.6. The molecule has 7 heteroatoms. The van der Waals surface area contributed by atoms with Crippen molar-refractivity contribution in [3.05, 3.63) is 18.0 Å². The first kappa shape index (κ1) is 16.0. The Balaban J connectivity index is 1.55. The van der Waals surface area contributed by atoms with Crippen LogP contribution in [-0.2, 0) is 16.6 Å². The molecule has 2 fully saturated rings. The van der Waals surface area contributed by atoms with Crippen molar-refractivity contribution in [1.82, 2.24) is 20.0 Å². The van der Waals surface area contributed by atoms with Gasteiger partial charge in [-0.3, -0.25) is 14.3 Å². The summed E-state index contributed by atoms with van der Waals surface area (Å²) < 4.78 is 7.39. The zero-order chi connectivity index (χ0) is 16.6. The van der Waals surface area contributed by atoms with E-state index in [9.17, 15) is 9.59 Å². The van der Waals surface area contributed by atoms with E-state index in [2.05, 4.69) is 10.4 Å². The third kappa shape index (κ3) is 3.10. The molecule has 126 valence electrons. The van der Waals surface area contributed by atoms with Crippen molar-refractivity contribution in [1.29, 1.82) is 0 Å². The summed E-state index contributed by atoms with van der Waals surface area (Å²) in [5, 5.41) is 6.97. The maximum absolute atomic E-state index is 12.2. The second kappa shape index (κ2) is 6.31. The quantitative estimate of drug-likeness (QED) is 0.864. The average molecular weight is 320 g/mol. The molecule has 1 aromatic rings. The topological polar surface area (TPSA) is 76.5 Å². The molecule has 2 saturated heterocycles. The molecule has 3 rings (SSSR count). The molecular weight excluding hydrogens is 296 g/mol. The number of carbonyl (C=O) groups is 2. The standard InChI is InChI=1S/C16H24N4O3/c1-10(2)16(22)20-7-12-11(9-23-14(12)8-20)6-17-15(21)13-4-5-18-19(13)3/h4-5,10-12,14H,6-9H2,1-3H3,(H,17,21)/t11-,12+,14+/m0/s1. The lowest BCUT2D eigenvalue weighted by Gasteiger charge is -2.21. The summed E-state index contributed by atoms with van der Waals surface area (Å²) in [6.45, 7) is 6.45. The van der Waals surface area contributed by atoms with Gasteiger partial charge < -0.3 is 15.0 Å². The summed E-state index contributed by atoms with van der Waals surface area (Å²) in [5.74, 6) is 0.630. The molecular formula is C16H24N4O3. The summed E-state index contributed by atoms with van der Waals surface area (Å²) >= 11 is 0. The van der Waals surface area contributed by atoms with Gasteiger partial charge in [0, 0.05) is 50.6 Å². The number of hydrogen-bond acceptors (Lipinski definition) is 4. The molecule has 0 unspecified atom stereocenters. The molecule has 3 atom stereocenters. The maximum atomic E-state index is 12.2. The minimum absolute atomic E-state index is 0.0109. The lowest BCUT2D eigenvalue weighted by atomic mass is 9.93. The highest BCUT2D eigenvalue weighted by Crippen LogP contribution is 2.33. The Bertz CT molecular complexity index is 598. The van der Waals surface area contributed by atoms with Crippen LogP contribution in [0, 0.1) is 17.8 Å². The van der Waals surface area contributed by atoms with Crippen LogP contribution in [0.15, 0.2) is 12.3 Å². The Morgan fingerprint density at radius 1 is 1.43 bits per heavy atom. The van der Waals surface area contributed by atoms with Gasteiger partial charge in [-0.05, 0) is 6.07 Å². The molecule has 0 spiro atoms. The minimum atomic E-state index is -0.124. The zero-order valence-corrected chi connectivity index (χ0v) is 13.9. The summed E-state index contributed by atoms with van der Waals surface area (Å²) in [5.41, 5.74) is 0.545. The van der Waals surface area contributed by atoms with Crippen LogP contribution in [-0.4, -0.2) is 58.8 Å². The van der Waals surface area contributed by atoms with Gasteiger partial charge in [-0.15, -0.1) is 0 Å². The molecule has 2 amide bonds. The van der Waals surface area contributed by atoms with Crippen molar-refractivity contribution >= 4 is 11.8 Å². The van der Waals surface area contributed by atoms with Crippen LogP contribution < -0.4 is 5.32 Å². The van der Waals surface area contributed by atoms with Gasteiger partial charge >= 0.3 is 0 Å².